The first-order valence-corrected chi connectivity index (χ1v) is 10.1. The van der Waals surface area contributed by atoms with E-state index in [1.807, 2.05) is 0 Å². The highest BCUT2D eigenvalue weighted by Crippen LogP contribution is 2.37. The van der Waals surface area contributed by atoms with Gasteiger partial charge in [-0.3, -0.25) is 20.2 Å². The molecule has 1 N–H and O–H groups in total. The minimum absolute atomic E-state index is 0.0683. The summed E-state index contributed by atoms with van der Waals surface area (Å²) in [6.07, 6.45) is -4.73. The van der Waals surface area contributed by atoms with E-state index in [9.17, 15) is 32.9 Å². The third-order valence-corrected chi connectivity index (χ3v) is 5.29. The van der Waals surface area contributed by atoms with Crippen LogP contribution in [0.4, 0.5) is 23.7 Å². The largest absolute Gasteiger partial charge is 0.450 e. The Balaban J connectivity index is 1.69. The van der Waals surface area contributed by atoms with E-state index in [4.69, 9.17) is 4.74 Å². The number of urea groups is 1. The number of imide groups is 1. The number of hydrogen-bond acceptors (Lipinski definition) is 6. The minimum atomic E-state index is -4.73. The second-order valence-electron chi connectivity index (χ2n) is 6.42. The van der Waals surface area contributed by atoms with E-state index in [1.165, 1.54) is 29.2 Å². The molecule has 1 saturated heterocycles. The fourth-order valence-electron chi connectivity index (χ4n) is 2.74. The van der Waals surface area contributed by atoms with Gasteiger partial charge in [0.2, 0.25) is 5.75 Å². The van der Waals surface area contributed by atoms with Crippen molar-refractivity contribution in [3.8, 4) is 11.5 Å². The van der Waals surface area contributed by atoms with Crippen LogP contribution in [0.2, 0.25) is 0 Å². The molecule has 3 amide bonds. The summed E-state index contributed by atoms with van der Waals surface area (Å²) < 4.78 is 43.7. The fourth-order valence-corrected chi connectivity index (χ4v) is 3.64. The smallest absolute Gasteiger partial charge is 0.416 e. The number of nitrogens with one attached hydrogen (secondary N) is 1. The molecule has 2 aromatic carbocycles. The third-order valence-electron chi connectivity index (χ3n) is 4.35. The number of amides is 3. The lowest BCUT2D eigenvalue weighted by atomic mass is 10.1. The van der Waals surface area contributed by atoms with Gasteiger partial charge in [0.25, 0.3) is 5.91 Å². The van der Waals surface area contributed by atoms with Gasteiger partial charge in [0, 0.05) is 36.2 Å². The maximum absolute atomic E-state index is 12.8. The number of halogens is 3. The molecule has 31 heavy (non-hydrogen) atoms. The molecule has 0 spiro atoms. The van der Waals surface area contributed by atoms with Crippen LogP contribution >= 0.6 is 11.8 Å². The SMILES string of the molecule is O=C(NC(=O)N1CCSCC1)c1ccc(Oc2ccc(C(F)(F)F)cc2[N+](=O)[O-])cc1. The maximum atomic E-state index is 12.8. The lowest BCUT2D eigenvalue weighted by Crippen LogP contribution is -2.46. The molecule has 0 unspecified atom stereocenters. The summed E-state index contributed by atoms with van der Waals surface area (Å²) in [6.45, 7) is 1.09. The van der Waals surface area contributed by atoms with Crippen molar-refractivity contribution >= 4 is 29.4 Å². The topological polar surface area (TPSA) is 102 Å². The van der Waals surface area contributed by atoms with E-state index in [2.05, 4.69) is 5.32 Å². The van der Waals surface area contributed by atoms with E-state index in [0.29, 0.717) is 25.2 Å². The van der Waals surface area contributed by atoms with E-state index >= 15 is 0 Å². The number of thioether (sulfide) groups is 1. The summed E-state index contributed by atoms with van der Waals surface area (Å²) in [6, 6.07) is 6.73. The van der Waals surface area contributed by atoms with Crippen molar-refractivity contribution < 1.29 is 32.4 Å². The molecule has 8 nitrogen and oxygen atoms in total. The highest BCUT2D eigenvalue weighted by molar-refractivity contribution is 7.99. The summed E-state index contributed by atoms with van der Waals surface area (Å²) in [5, 5.41) is 13.4. The van der Waals surface area contributed by atoms with Crippen LogP contribution in [0.15, 0.2) is 42.5 Å². The molecule has 0 saturated carbocycles. The first-order valence-electron chi connectivity index (χ1n) is 8.97. The predicted molar refractivity (Wildman–Crippen MR) is 106 cm³/mol. The van der Waals surface area contributed by atoms with Crippen LogP contribution in [0.1, 0.15) is 15.9 Å². The monoisotopic (exact) mass is 455 g/mol. The summed E-state index contributed by atoms with van der Waals surface area (Å²) in [4.78, 5) is 36.0. The first-order chi connectivity index (χ1) is 14.6. The van der Waals surface area contributed by atoms with E-state index in [1.54, 1.807) is 11.8 Å². The van der Waals surface area contributed by atoms with Crippen LogP contribution in [-0.2, 0) is 6.18 Å². The molecule has 1 heterocycles. The molecule has 164 valence electrons. The molecule has 0 atom stereocenters. The molecule has 1 aliphatic heterocycles. The zero-order valence-corrected chi connectivity index (χ0v) is 16.7. The van der Waals surface area contributed by atoms with Gasteiger partial charge in [-0.2, -0.15) is 24.9 Å². The number of benzene rings is 2. The Labute approximate surface area is 178 Å². The number of nitrogens with zero attached hydrogens (tertiary/aromatic N) is 2. The fraction of sp³-hybridized carbons (Fsp3) is 0.263. The maximum Gasteiger partial charge on any atom is 0.416 e. The van der Waals surface area contributed by atoms with E-state index < -0.39 is 34.3 Å². The molecule has 1 fully saturated rings. The first kappa shape index (κ1) is 22.4. The Morgan fingerprint density at radius 3 is 2.32 bits per heavy atom. The minimum Gasteiger partial charge on any atom is -0.450 e. The van der Waals surface area contributed by atoms with Crippen molar-refractivity contribution in [3.05, 3.63) is 63.7 Å². The molecule has 0 aliphatic carbocycles. The molecule has 0 radical (unpaired) electrons. The quantitative estimate of drug-likeness (QED) is 0.545. The summed E-state index contributed by atoms with van der Waals surface area (Å²) in [7, 11) is 0. The Bertz CT molecular complexity index is 992. The Morgan fingerprint density at radius 1 is 1.10 bits per heavy atom. The van der Waals surface area contributed by atoms with Gasteiger partial charge < -0.3 is 9.64 Å². The summed E-state index contributed by atoms with van der Waals surface area (Å²) in [5.74, 6) is 0.649. The average molecular weight is 455 g/mol. The van der Waals surface area contributed by atoms with Crippen molar-refractivity contribution in [3.63, 3.8) is 0 Å². The zero-order valence-electron chi connectivity index (χ0n) is 15.8. The number of alkyl halides is 3. The molecular formula is C19H16F3N3O5S. The van der Waals surface area contributed by atoms with Crippen LogP contribution in [-0.4, -0.2) is 46.4 Å². The van der Waals surface area contributed by atoms with Crippen molar-refractivity contribution in [2.45, 2.75) is 6.18 Å². The van der Waals surface area contributed by atoms with Crippen LogP contribution in [0.3, 0.4) is 0 Å². The number of ether oxygens (including phenoxy) is 1. The van der Waals surface area contributed by atoms with Crippen molar-refractivity contribution in [1.29, 1.82) is 0 Å². The number of hydrogen-bond donors (Lipinski definition) is 1. The highest BCUT2D eigenvalue weighted by atomic mass is 32.2. The van der Waals surface area contributed by atoms with Crippen LogP contribution in [0.25, 0.3) is 0 Å². The number of nitro groups is 1. The van der Waals surface area contributed by atoms with Gasteiger partial charge in [0.15, 0.2) is 0 Å². The Hall–Kier alpha value is -3.28. The zero-order chi connectivity index (χ0) is 22.6. The van der Waals surface area contributed by atoms with Crippen LogP contribution in [0, 0.1) is 10.1 Å². The molecule has 0 aromatic heterocycles. The summed E-state index contributed by atoms with van der Waals surface area (Å²) in [5.41, 5.74) is -1.87. The Morgan fingerprint density at radius 2 is 1.74 bits per heavy atom. The van der Waals surface area contributed by atoms with Gasteiger partial charge >= 0.3 is 17.9 Å². The molecule has 1 aliphatic rings. The molecule has 3 rings (SSSR count). The molecular weight excluding hydrogens is 439 g/mol. The van der Waals surface area contributed by atoms with Gasteiger partial charge in [-0.25, -0.2) is 4.79 Å². The summed E-state index contributed by atoms with van der Waals surface area (Å²) >= 11 is 1.72. The lowest BCUT2D eigenvalue weighted by Gasteiger charge is -2.26. The Kier molecular flexibility index (Phi) is 6.68. The van der Waals surface area contributed by atoms with Gasteiger partial charge in [0.1, 0.15) is 5.75 Å². The second kappa shape index (κ2) is 9.25. The van der Waals surface area contributed by atoms with Crippen molar-refractivity contribution in [1.82, 2.24) is 10.2 Å². The molecule has 12 heteroatoms. The van der Waals surface area contributed by atoms with Crippen molar-refractivity contribution in [2.24, 2.45) is 0 Å². The van der Waals surface area contributed by atoms with Gasteiger partial charge in [-0.15, -0.1) is 0 Å². The third kappa shape index (κ3) is 5.66. The van der Waals surface area contributed by atoms with Gasteiger partial charge in [-0.1, -0.05) is 0 Å². The van der Waals surface area contributed by atoms with Crippen LogP contribution < -0.4 is 10.1 Å². The van der Waals surface area contributed by atoms with Crippen LogP contribution in [0.5, 0.6) is 11.5 Å². The predicted octanol–water partition coefficient (Wildman–Crippen LogP) is 4.30. The standard InChI is InChI=1S/C19H16F3N3O5S/c20-19(21,22)13-3-6-16(15(11-13)25(28)29)30-14-4-1-12(2-5-14)17(26)23-18(27)24-7-9-31-10-8-24/h1-6,11H,7-10H2,(H,23,26,27). The van der Waals surface area contributed by atoms with E-state index in [-0.39, 0.29) is 17.1 Å². The average Bonchev–Trinajstić information content (AvgIpc) is 2.74. The number of carbonyl (C=O) groups excluding carboxylic acids is 2. The number of nitro benzene ring substituents is 1. The highest BCUT2D eigenvalue weighted by Gasteiger charge is 2.33. The van der Waals surface area contributed by atoms with E-state index in [0.717, 1.165) is 17.6 Å². The number of rotatable bonds is 4. The second-order valence-corrected chi connectivity index (χ2v) is 7.65. The number of carbonyl (C=O) groups is 2. The normalized spacial score (nSPS) is 14.1. The molecule has 2 aromatic rings. The van der Waals surface area contributed by atoms with Crippen molar-refractivity contribution in [2.75, 3.05) is 24.6 Å². The van der Waals surface area contributed by atoms with Gasteiger partial charge in [0.05, 0.1) is 10.5 Å². The van der Waals surface area contributed by atoms with Gasteiger partial charge in [-0.05, 0) is 36.4 Å². The lowest BCUT2D eigenvalue weighted by molar-refractivity contribution is -0.385. The molecule has 0 bridgehead atoms.